The highest BCUT2D eigenvalue weighted by molar-refractivity contribution is 9.11. The van der Waals surface area contributed by atoms with E-state index in [4.69, 9.17) is 28.6 Å². The molecule has 0 N–H and O–H groups in total. The molecule has 0 spiro atoms. The van der Waals surface area contributed by atoms with Crippen LogP contribution in [-0.2, 0) is 38.5 Å². The first-order chi connectivity index (χ1) is 44.3. The molecule has 0 amide bonds. The van der Waals surface area contributed by atoms with Crippen molar-refractivity contribution in [2.75, 3.05) is 0 Å². The molecular formula is C78H120B2BrN3O4S4. The van der Waals surface area contributed by atoms with Gasteiger partial charge in [0.15, 0.2) is 9.66 Å². The summed E-state index contributed by atoms with van der Waals surface area (Å²) >= 11 is 11.2. The zero-order valence-corrected chi connectivity index (χ0v) is 64.5. The smallest absolute Gasteiger partial charge is 0.399 e. The lowest BCUT2D eigenvalue weighted by atomic mass is 9.78. The van der Waals surface area contributed by atoms with E-state index in [1.165, 1.54) is 283 Å². The number of halogens is 1. The number of benzene rings is 2. The Morgan fingerprint density at radius 3 is 1.01 bits per heavy atom. The first-order valence-corrected chi connectivity index (χ1v) is 41.3. The summed E-state index contributed by atoms with van der Waals surface area (Å²) < 4.78 is 28.5. The topological polar surface area (TPSA) is 67.6 Å². The van der Waals surface area contributed by atoms with Crippen molar-refractivity contribution >= 4 is 118 Å². The van der Waals surface area contributed by atoms with Crippen LogP contribution in [0.4, 0.5) is 0 Å². The zero-order chi connectivity index (χ0) is 65.6. The van der Waals surface area contributed by atoms with Gasteiger partial charge in [0.1, 0.15) is 10.0 Å². The van der Waals surface area contributed by atoms with E-state index in [1.54, 1.807) is 22.7 Å². The number of thiazole rings is 2. The van der Waals surface area contributed by atoms with Crippen molar-refractivity contribution in [2.45, 2.75) is 343 Å². The van der Waals surface area contributed by atoms with Crippen LogP contribution in [0.5, 0.6) is 0 Å². The first kappa shape index (κ1) is 75.4. The van der Waals surface area contributed by atoms with Crippen LogP contribution in [0.15, 0.2) is 52.3 Å². The molecule has 2 aliphatic rings. The Kier molecular flexibility index (Phi) is 30.8. The van der Waals surface area contributed by atoms with Gasteiger partial charge < -0.3 is 23.2 Å². The summed E-state index contributed by atoms with van der Waals surface area (Å²) in [5.74, 6) is 0. The molecule has 0 saturated carbocycles. The Morgan fingerprint density at radius 1 is 0.391 bits per heavy atom. The molecule has 7 heterocycles. The van der Waals surface area contributed by atoms with E-state index in [0.717, 1.165) is 43.0 Å². The average molecular weight is 1390 g/mol. The Bertz CT molecular complexity index is 3010. The monoisotopic (exact) mass is 1390 g/mol. The molecule has 0 bridgehead atoms. The molecule has 2 saturated heterocycles. The first-order valence-electron chi connectivity index (χ1n) is 37.2. The zero-order valence-electron chi connectivity index (χ0n) is 59.6. The summed E-state index contributed by atoms with van der Waals surface area (Å²) in [6, 6.07) is 17.7. The molecule has 2 aliphatic heterocycles. The second kappa shape index (κ2) is 37.5. The maximum absolute atomic E-state index is 6.27. The predicted molar refractivity (Wildman–Crippen MR) is 411 cm³/mol. The van der Waals surface area contributed by atoms with Crippen LogP contribution in [0.3, 0.4) is 0 Å². The Hall–Kier alpha value is -2.39. The van der Waals surface area contributed by atoms with Crippen molar-refractivity contribution in [1.29, 1.82) is 0 Å². The van der Waals surface area contributed by atoms with Gasteiger partial charge in [-0.15, -0.1) is 22.7 Å². The van der Waals surface area contributed by atoms with E-state index < -0.39 is 0 Å². The van der Waals surface area contributed by atoms with E-state index in [-0.39, 0.29) is 36.6 Å². The van der Waals surface area contributed by atoms with E-state index in [9.17, 15) is 0 Å². The normalized spacial score (nSPS) is 15.9. The fourth-order valence-corrected chi connectivity index (χ4v) is 18.5. The number of hydrogen-bond acceptors (Lipinski definition) is 10. The number of thiophene rings is 2. The van der Waals surface area contributed by atoms with Crippen LogP contribution >= 0.6 is 61.3 Å². The predicted octanol–water partition coefficient (Wildman–Crippen LogP) is 25.4. The third-order valence-electron chi connectivity index (χ3n) is 20.8. The molecule has 9 rings (SSSR count). The van der Waals surface area contributed by atoms with Gasteiger partial charge in [-0.3, -0.25) is 0 Å². The fourth-order valence-electron chi connectivity index (χ4n) is 13.5. The van der Waals surface area contributed by atoms with Crippen molar-refractivity contribution in [3.63, 3.8) is 0 Å². The van der Waals surface area contributed by atoms with Gasteiger partial charge in [-0.25, -0.2) is 9.97 Å². The van der Waals surface area contributed by atoms with Crippen LogP contribution < -0.4 is 10.9 Å². The van der Waals surface area contributed by atoms with Crippen LogP contribution in [0.1, 0.15) is 316 Å². The van der Waals surface area contributed by atoms with Crippen LogP contribution in [0.2, 0.25) is 0 Å². The number of aromatic nitrogens is 3. The maximum Gasteiger partial charge on any atom is 0.494 e. The standard InChI is InChI=1S/C53H87BrN2S4.C25H33B2NO4/c1-4-6-8-10-12-14-16-18-20-22-24-26-28-30-32-34-36-38-40-45-42-44(3)57-48(45)50-55-52-53(59-50)56-51(60-52)49-46(43-47(54)58-49)41-39-37-35-33-31-29-27-25-23-21-19-17-15-13-11-9-7-5-2;1-22(2)23(3,4)30-26(29-22)16-10-12-18-19-13-11-17(15-21(19)28(9)20(18)14-16)27-31-24(5,6)25(7,8)32-27/h42-43H,4-41H2,1-3H3;10-15H,1-9H3. The van der Waals surface area contributed by atoms with Crippen molar-refractivity contribution in [1.82, 2.24) is 14.5 Å². The number of hydrogen-bond donors (Lipinski definition) is 0. The lowest BCUT2D eigenvalue weighted by Crippen LogP contribution is -2.41. The number of fused-ring (bicyclic) bond motifs is 4. The quantitative estimate of drug-likeness (QED) is 0.0281. The molecule has 7 nitrogen and oxygen atoms in total. The number of rotatable bonds is 42. The summed E-state index contributed by atoms with van der Waals surface area (Å²) in [5, 5.41) is 4.76. The van der Waals surface area contributed by atoms with Gasteiger partial charge in [0, 0.05) is 33.7 Å². The molecule has 0 unspecified atom stereocenters. The SMILES string of the molecule is CCCCCCCCCCCCCCCCCCCCc1cc(C)sc1-c1nc2sc(-c3sc(Br)cc3CCCCCCCCCCCCCCCCCCCC)nc2s1.Cn1c2cc(B3OC(C)(C)C(C)(C)O3)ccc2c2ccc(B3OC(C)(C)C(C)(C)O3)cc21. The molecule has 14 heteroatoms. The summed E-state index contributed by atoms with van der Waals surface area (Å²) in [6.07, 6.45) is 53.6. The number of nitrogens with zero attached hydrogens (tertiary/aromatic N) is 3. The second-order valence-corrected chi connectivity index (χ2v) is 35.2. The molecule has 2 fully saturated rings. The minimum absolute atomic E-state index is 0.358. The summed E-state index contributed by atoms with van der Waals surface area (Å²) in [6.45, 7) is 23.5. The van der Waals surface area contributed by atoms with Gasteiger partial charge in [-0.05, 0) is 150 Å². The van der Waals surface area contributed by atoms with E-state index >= 15 is 0 Å². The number of unbranched alkanes of at least 4 members (excludes halogenated alkanes) is 34. The number of aryl methyl sites for hydroxylation is 4. The molecule has 7 aromatic rings. The van der Waals surface area contributed by atoms with Crippen molar-refractivity contribution < 1.29 is 18.6 Å². The van der Waals surface area contributed by atoms with E-state index in [0.29, 0.717) is 0 Å². The summed E-state index contributed by atoms with van der Waals surface area (Å²) in [4.78, 5) is 16.8. The third kappa shape index (κ3) is 21.8. The minimum Gasteiger partial charge on any atom is -0.399 e. The molecule has 0 atom stereocenters. The lowest BCUT2D eigenvalue weighted by Gasteiger charge is -2.32. The molecule has 92 heavy (non-hydrogen) atoms. The van der Waals surface area contributed by atoms with Gasteiger partial charge >= 0.3 is 14.2 Å². The highest BCUT2D eigenvalue weighted by Gasteiger charge is 2.53. The van der Waals surface area contributed by atoms with Crippen LogP contribution in [-0.4, -0.2) is 51.2 Å². The Morgan fingerprint density at radius 2 is 0.685 bits per heavy atom. The average Bonchev–Trinajstić information content (AvgIpc) is 1.63. The second-order valence-electron chi connectivity index (χ2n) is 29.6. The van der Waals surface area contributed by atoms with Gasteiger partial charge in [-0.2, -0.15) is 0 Å². The third-order valence-corrected chi connectivity index (χ3v) is 25.9. The molecule has 508 valence electrons. The summed E-state index contributed by atoms with van der Waals surface area (Å²) in [7, 11) is 1.36. The maximum atomic E-state index is 6.27. The van der Waals surface area contributed by atoms with Gasteiger partial charge in [-0.1, -0.05) is 279 Å². The van der Waals surface area contributed by atoms with Gasteiger partial charge in [0.25, 0.3) is 0 Å². The summed E-state index contributed by atoms with van der Waals surface area (Å²) in [5.41, 5.74) is 5.91. The van der Waals surface area contributed by atoms with Crippen LogP contribution in [0.25, 0.3) is 51.2 Å². The molecular weight excluding hydrogens is 1270 g/mol. The van der Waals surface area contributed by atoms with Crippen LogP contribution in [0, 0.1) is 6.92 Å². The molecule has 0 radical (unpaired) electrons. The van der Waals surface area contributed by atoms with E-state index in [2.05, 4.69) is 152 Å². The highest BCUT2D eigenvalue weighted by atomic mass is 79.9. The van der Waals surface area contributed by atoms with E-state index in [1.807, 2.05) is 22.7 Å². The minimum atomic E-state index is -0.372. The van der Waals surface area contributed by atoms with Crippen molar-refractivity contribution in [3.05, 3.63) is 68.3 Å². The van der Waals surface area contributed by atoms with Gasteiger partial charge in [0.2, 0.25) is 0 Å². The van der Waals surface area contributed by atoms with Crippen molar-refractivity contribution in [2.24, 2.45) is 7.05 Å². The Labute approximate surface area is 584 Å². The van der Waals surface area contributed by atoms with Crippen molar-refractivity contribution in [3.8, 4) is 19.8 Å². The largest absolute Gasteiger partial charge is 0.494 e. The molecule has 0 aliphatic carbocycles. The lowest BCUT2D eigenvalue weighted by molar-refractivity contribution is 0.00578. The molecule has 5 aromatic heterocycles. The fraction of sp³-hybridized carbons (Fsp3) is 0.692. The Balaban J connectivity index is 0.000000283. The highest BCUT2D eigenvalue weighted by Crippen LogP contribution is 2.45. The van der Waals surface area contributed by atoms with Gasteiger partial charge in [0.05, 0.1) is 35.9 Å². The molecule has 2 aromatic carbocycles.